The molecule has 0 aliphatic rings. The highest BCUT2D eigenvalue weighted by molar-refractivity contribution is 5.41. The number of aryl methyl sites for hydroxylation is 1. The Bertz CT molecular complexity index is 410. The Morgan fingerprint density at radius 1 is 1.25 bits per heavy atom. The maximum Gasteiger partial charge on any atom is 0.123 e. The standard InChI is InChI=1S/C18H31NO/c1-7-20-17-9-8-15(4)12-16(17)18(5,6)10-11-19-13-14(2)3/h8-9,12,14,19H,7,10-11,13H2,1-6H3. The molecule has 20 heavy (non-hydrogen) atoms. The predicted molar refractivity (Wildman–Crippen MR) is 87.7 cm³/mol. The Kier molecular flexibility index (Phi) is 6.54. The minimum atomic E-state index is 0.125. The van der Waals surface area contributed by atoms with Crippen molar-refractivity contribution < 1.29 is 4.74 Å². The second-order valence-electron chi connectivity index (χ2n) is 6.66. The molecule has 1 aromatic rings. The molecule has 1 N–H and O–H groups in total. The van der Waals surface area contributed by atoms with Gasteiger partial charge in [0.1, 0.15) is 5.75 Å². The molecule has 0 aliphatic carbocycles. The lowest BCUT2D eigenvalue weighted by Crippen LogP contribution is -2.28. The third kappa shape index (κ3) is 5.16. The molecule has 0 atom stereocenters. The molecule has 0 fully saturated rings. The van der Waals surface area contributed by atoms with E-state index in [-0.39, 0.29) is 5.41 Å². The van der Waals surface area contributed by atoms with Gasteiger partial charge in [0.15, 0.2) is 0 Å². The van der Waals surface area contributed by atoms with E-state index in [0.29, 0.717) is 5.92 Å². The molecule has 114 valence electrons. The van der Waals surface area contributed by atoms with Crippen molar-refractivity contribution in [2.75, 3.05) is 19.7 Å². The molecule has 0 amide bonds. The van der Waals surface area contributed by atoms with Crippen molar-refractivity contribution >= 4 is 0 Å². The van der Waals surface area contributed by atoms with Gasteiger partial charge in [-0.05, 0) is 50.8 Å². The quantitative estimate of drug-likeness (QED) is 0.715. The molecular formula is C18H31NO. The van der Waals surface area contributed by atoms with E-state index in [9.17, 15) is 0 Å². The summed E-state index contributed by atoms with van der Waals surface area (Å²) in [6.45, 7) is 16.1. The zero-order valence-corrected chi connectivity index (χ0v) is 14.0. The highest BCUT2D eigenvalue weighted by Crippen LogP contribution is 2.34. The molecule has 0 saturated carbocycles. The van der Waals surface area contributed by atoms with E-state index in [1.807, 2.05) is 6.92 Å². The predicted octanol–water partition coefficient (Wildman–Crippen LogP) is 4.31. The van der Waals surface area contributed by atoms with Gasteiger partial charge in [-0.15, -0.1) is 0 Å². The van der Waals surface area contributed by atoms with Crippen LogP contribution >= 0.6 is 0 Å². The van der Waals surface area contributed by atoms with Crippen molar-refractivity contribution in [3.8, 4) is 5.75 Å². The van der Waals surface area contributed by atoms with Crippen molar-refractivity contribution in [2.45, 2.75) is 53.4 Å². The molecule has 0 radical (unpaired) electrons. The van der Waals surface area contributed by atoms with E-state index in [1.54, 1.807) is 0 Å². The highest BCUT2D eigenvalue weighted by atomic mass is 16.5. The van der Waals surface area contributed by atoms with E-state index in [2.05, 4.69) is 58.1 Å². The Morgan fingerprint density at radius 2 is 1.95 bits per heavy atom. The molecule has 0 aromatic heterocycles. The van der Waals surface area contributed by atoms with Crippen molar-refractivity contribution in [3.05, 3.63) is 29.3 Å². The van der Waals surface area contributed by atoms with Crippen LogP contribution in [0.4, 0.5) is 0 Å². The van der Waals surface area contributed by atoms with Gasteiger partial charge in [0, 0.05) is 5.56 Å². The number of rotatable bonds is 8. The maximum absolute atomic E-state index is 5.80. The average molecular weight is 277 g/mol. The summed E-state index contributed by atoms with van der Waals surface area (Å²) in [5, 5.41) is 3.54. The Balaban J connectivity index is 2.76. The molecular weight excluding hydrogens is 246 g/mol. The molecule has 0 saturated heterocycles. The first-order valence-electron chi connectivity index (χ1n) is 7.81. The van der Waals surface area contributed by atoms with Crippen molar-refractivity contribution in [1.82, 2.24) is 5.32 Å². The van der Waals surface area contributed by atoms with Crippen LogP contribution in [0.5, 0.6) is 5.75 Å². The van der Waals surface area contributed by atoms with Gasteiger partial charge in [0.2, 0.25) is 0 Å². The second kappa shape index (κ2) is 7.68. The zero-order chi connectivity index (χ0) is 15.2. The third-order valence-corrected chi connectivity index (χ3v) is 3.64. The molecule has 0 spiro atoms. The average Bonchev–Trinajstić information content (AvgIpc) is 2.37. The first-order valence-corrected chi connectivity index (χ1v) is 7.81. The zero-order valence-electron chi connectivity index (χ0n) is 14.0. The van der Waals surface area contributed by atoms with Crippen LogP contribution in [0.2, 0.25) is 0 Å². The topological polar surface area (TPSA) is 21.3 Å². The minimum Gasteiger partial charge on any atom is -0.494 e. The molecule has 2 heteroatoms. The lowest BCUT2D eigenvalue weighted by molar-refractivity contribution is 0.324. The summed E-state index contributed by atoms with van der Waals surface area (Å²) in [4.78, 5) is 0. The number of hydrogen-bond donors (Lipinski definition) is 1. The molecule has 0 aliphatic heterocycles. The smallest absolute Gasteiger partial charge is 0.123 e. The summed E-state index contributed by atoms with van der Waals surface area (Å²) in [7, 11) is 0. The van der Waals surface area contributed by atoms with Crippen LogP contribution in [0.15, 0.2) is 18.2 Å². The van der Waals surface area contributed by atoms with Crippen LogP contribution in [0.1, 0.15) is 52.2 Å². The Labute approximate surface area is 124 Å². The molecule has 0 unspecified atom stereocenters. The van der Waals surface area contributed by atoms with E-state index in [1.165, 1.54) is 11.1 Å². The summed E-state index contributed by atoms with van der Waals surface area (Å²) >= 11 is 0. The molecule has 1 rings (SSSR count). The van der Waals surface area contributed by atoms with E-state index < -0.39 is 0 Å². The van der Waals surface area contributed by atoms with Gasteiger partial charge in [-0.1, -0.05) is 45.4 Å². The lowest BCUT2D eigenvalue weighted by atomic mass is 9.80. The van der Waals surface area contributed by atoms with E-state index >= 15 is 0 Å². The molecule has 2 nitrogen and oxygen atoms in total. The normalized spacial score (nSPS) is 11.9. The van der Waals surface area contributed by atoms with Gasteiger partial charge >= 0.3 is 0 Å². The maximum atomic E-state index is 5.80. The van der Waals surface area contributed by atoms with Gasteiger partial charge in [-0.3, -0.25) is 0 Å². The second-order valence-corrected chi connectivity index (χ2v) is 6.66. The van der Waals surface area contributed by atoms with Gasteiger partial charge in [-0.25, -0.2) is 0 Å². The van der Waals surface area contributed by atoms with Gasteiger partial charge < -0.3 is 10.1 Å². The number of nitrogens with one attached hydrogen (secondary N) is 1. The van der Waals surface area contributed by atoms with Crippen molar-refractivity contribution in [3.63, 3.8) is 0 Å². The van der Waals surface area contributed by atoms with Gasteiger partial charge in [0.25, 0.3) is 0 Å². The summed E-state index contributed by atoms with van der Waals surface area (Å²) in [6, 6.07) is 6.51. The Morgan fingerprint density at radius 3 is 2.55 bits per heavy atom. The fourth-order valence-corrected chi connectivity index (χ4v) is 2.38. The van der Waals surface area contributed by atoms with Gasteiger partial charge in [-0.2, -0.15) is 0 Å². The summed E-state index contributed by atoms with van der Waals surface area (Å²) in [6.07, 6.45) is 1.11. The number of hydrogen-bond acceptors (Lipinski definition) is 2. The molecule has 0 heterocycles. The van der Waals surface area contributed by atoms with Crippen LogP contribution in [-0.2, 0) is 5.41 Å². The van der Waals surface area contributed by atoms with E-state index in [4.69, 9.17) is 4.74 Å². The monoisotopic (exact) mass is 277 g/mol. The number of benzene rings is 1. The van der Waals surface area contributed by atoms with E-state index in [0.717, 1.165) is 31.9 Å². The first-order chi connectivity index (χ1) is 9.36. The van der Waals surface area contributed by atoms with Crippen LogP contribution in [-0.4, -0.2) is 19.7 Å². The van der Waals surface area contributed by atoms with Crippen LogP contribution in [0.3, 0.4) is 0 Å². The van der Waals surface area contributed by atoms with Crippen LogP contribution in [0, 0.1) is 12.8 Å². The van der Waals surface area contributed by atoms with Crippen LogP contribution in [0.25, 0.3) is 0 Å². The highest BCUT2D eigenvalue weighted by Gasteiger charge is 2.24. The largest absolute Gasteiger partial charge is 0.494 e. The fraction of sp³-hybridized carbons (Fsp3) is 0.667. The summed E-state index contributed by atoms with van der Waals surface area (Å²) in [5.74, 6) is 1.74. The van der Waals surface area contributed by atoms with Gasteiger partial charge in [0.05, 0.1) is 6.61 Å². The van der Waals surface area contributed by atoms with Crippen LogP contribution < -0.4 is 10.1 Å². The molecule has 0 bridgehead atoms. The summed E-state index contributed by atoms with van der Waals surface area (Å²) in [5.41, 5.74) is 2.75. The van der Waals surface area contributed by atoms with Crippen molar-refractivity contribution in [1.29, 1.82) is 0 Å². The number of ether oxygens (including phenoxy) is 1. The third-order valence-electron chi connectivity index (χ3n) is 3.64. The summed E-state index contributed by atoms with van der Waals surface area (Å²) < 4.78 is 5.80. The lowest BCUT2D eigenvalue weighted by Gasteiger charge is -2.28. The SMILES string of the molecule is CCOc1ccc(C)cc1C(C)(C)CCNCC(C)C. The Hall–Kier alpha value is -1.02. The van der Waals surface area contributed by atoms with Crippen molar-refractivity contribution in [2.24, 2.45) is 5.92 Å². The fourth-order valence-electron chi connectivity index (χ4n) is 2.38. The minimum absolute atomic E-state index is 0.125. The molecule has 1 aromatic carbocycles. The first kappa shape index (κ1) is 17.0.